The Hall–Kier alpha value is -3.33. The highest BCUT2D eigenvalue weighted by Crippen LogP contribution is 2.17. The summed E-state index contributed by atoms with van der Waals surface area (Å²) in [6.45, 7) is 2.44. The lowest BCUT2D eigenvalue weighted by Crippen LogP contribution is -2.14. The molecule has 134 valence electrons. The summed E-state index contributed by atoms with van der Waals surface area (Å²) in [5.74, 6) is 0.317. The predicted octanol–water partition coefficient (Wildman–Crippen LogP) is 3.64. The highest BCUT2D eigenvalue weighted by Gasteiger charge is 2.06. The van der Waals surface area contributed by atoms with Crippen LogP contribution in [0.15, 0.2) is 48.5 Å². The maximum absolute atomic E-state index is 12.0. The zero-order chi connectivity index (χ0) is 18.8. The van der Waals surface area contributed by atoms with Crippen LogP contribution >= 0.6 is 0 Å². The number of nitriles is 1. The molecule has 2 rings (SSSR count). The summed E-state index contributed by atoms with van der Waals surface area (Å²) in [5, 5.41) is 13.9. The monoisotopic (exact) mass is 351 g/mol. The van der Waals surface area contributed by atoms with Crippen LogP contribution in [0.3, 0.4) is 0 Å². The van der Waals surface area contributed by atoms with E-state index in [4.69, 9.17) is 10.00 Å². The van der Waals surface area contributed by atoms with Crippen molar-refractivity contribution in [1.82, 2.24) is 0 Å². The molecule has 0 radical (unpaired) electrons. The van der Waals surface area contributed by atoms with Gasteiger partial charge >= 0.3 is 0 Å². The number of ether oxygens (including phenoxy) is 1. The van der Waals surface area contributed by atoms with Crippen molar-refractivity contribution in [3.05, 3.63) is 54.1 Å². The fourth-order valence-electron chi connectivity index (χ4n) is 2.31. The van der Waals surface area contributed by atoms with Gasteiger partial charge in [-0.1, -0.05) is 24.3 Å². The normalized spacial score (nSPS) is 9.85. The van der Waals surface area contributed by atoms with E-state index in [0.29, 0.717) is 30.8 Å². The highest BCUT2D eigenvalue weighted by atomic mass is 16.5. The van der Waals surface area contributed by atoms with Crippen molar-refractivity contribution in [2.45, 2.75) is 26.2 Å². The van der Waals surface area contributed by atoms with E-state index in [2.05, 4.69) is 10.6 Å². The van der Waals surface area contributed by atoms with Crippen molar-refractivity contribution < 1.29 is 14.3 Å². The molecule has 0 saturated heterocycles. The molecule has 0 aliphatic heterocycles. The van der Waals surface area contributed by atoms with Crippen molar-refractivity contribution >= 4 is 23.2 Å². The molecule has 0 aliphatic rings. The third-order valence-corrected chi connectivity index (χ3v) is 3.57. The number of carbonyl (C=O) groups excluding carboxylic acids is 2. The van der Waals surface area contributed by atoms with E-state index in [9.17, 15) is 9.59 Å². The zero-order valence-electron chi connectivity index (χ0n) is 14.6. The Morgan fingerprint density at radius 3 is 2.42 bits per heavy atom. The Morgan fingerprint density at radius 2 is 1.73 bits per heavy atom. The van der Waals surface area contributed by atoms with Crippen LogP contribution in [-0.4, -0.2) is 18.4 Å². The molecule has 26 heavy (non-hydrogen) atoms. The van der Waals surface area contributed by atoms with Crippen molar-refractivity contribution in [1.29, 1.82) is 5.26 Å². The molecule has 0 saturated carbocycles. The topological polar surface area (TPSA) is 91.2 Å². The second kappa shape index (κ2) is 9.84. The smallest absolute Gasteiger partial charge is 0.238 e. The van der Waals surface area contributed by atoms with Crippen LogP contribution in [0.25, 0.3) is 0 Å². The lowest BCUT2D eigenvalue weighted by atomic mass is 10.2. The molecule has 2 aromatic carbocycles. The molecule has 0 unspecified atom stereocenters. The number of rotatable bonds is 8. The Morgan fingerprint density at radius 1 is 1.04 bits per heavy atom. The Balaban J connectivity index is 1.76. The van der Waals surface area contributed by atoms with Gasteiger partial charge in [-0.2, -0.15) is 5.26 Å². The molecular weight excluding hydrogens is 330 g/mol. The second-order valence-corrected chi connectivity index (χ2v) is 5.73. The molecule has 6 heteroatoms. The molecule has 0 heterocycles. The van der Waals surface area contributed by atoms with Gasteiger partial charge in [0.2, 0.25) is 11.8 Å². The maximum Gasteiger partial charge on any atom is 0.238 e. The van der Waals surface area contributed by atoms with Crippen molar-refractivity contribution in [2.24, 2.45) is 0 Å². The number of nitrogens with zero attached hydrogens (tertiary/aromatic N) is 1. The fraction of sp³-hybridized carbons (Fsp3) is 0.250. The zero-order valence-corrected chi connectivity index (χ0v) is 14.6. The number of hydrogen-bond acceptors (Lipinski definition) is 4. The number of hydrogen-bond donors (Lipinski definition) is 2. The van der Waals surface area contributed by atoms with Gasteiger partial charge in [-0.25, -0.2) is 0 Å². The number of para-hydroxylation sites is 1. The number of aryl methyl sites for hydroxylation is 1. The molecule has 0 aromatic heterocycles. The standard InChI is InChI=1S/C20H21N3O3/c1-15-6-2-3-9-18(15)26-13-5-10-19(24)22-16-7-4-8-17(14-16)23-20(25)11-12-21/h2-4,6-9,14H,5,10-11,13H2,1H3,(H,22,24)(H,23,25). The molecule has 0 aliphatic carbocycles. The summed E-state index contributed by atoms with van der Waals surface area (Å²) < 4.78 is 5.67. The van der Waals surface area contributed by atoms with Crippen LogP contribution in [-0.2, 0) is 9.59 Å². The predicted molar refractivity (Wildman–Crippen MR) is 99.8 cm³/mol. The van der Waals surface area contributed by atoms with Gasteiger partial charge in [0.05, 0.1) is 12.7 Å². The third kappa shape index (κ3) is 6.29. The Labute approximate surface area is 152 Å². The van der Waals surface area contributed by atoms with E-state index in [-0.39, 0.29) is 18.2 Å². The van der Waals surface area contributed by atoms with Crippen LogP contribution in [0.5, 0.6) is 5.75 Å². The molecular formula is C20H21N3O3. The second-order valence-electron chi connectivity index (χ2n) is 5.73. The minimum atomic E-state index is -0.385. The number of benzene rings is 2. The molecule has 0 spiro atoms. The minimum Gasteiger partial charge on any atom is -0.493 e. The number of anilines is 2. The van der Waals surface area contributed by atoms with Crippen molar-refractivity contribution in [3.8, 4) is 11.8 Å². The van der Waals surface area contributed by atoms with E-state index >= 15 is 0 Å². The van der Waals surface area contributed by atoms with Gasteiger partial charge in [0.25, 0.3) is 0 Å². The molecule has 2 N–H and O–H groups in total. The average molecular weight is 351 g/mol. The lowest BCUT2D eigenvalue weighted by molar-refractivity contribution is -0.116. The molecule has 0 bridgehead atoms. The van der Waals surface area contributed by atoms with Crippen LogP contribution in [0.2, 0.25) is 0 Å². The number of carbonyl (C=O) groups is 2. The van der Waals surface area contributed by atoms with E-state index in [1.807, 2.05) is 31.2 Å². The first kappa shape index (κ1) is 19.0. The van der Waals surface area contributed by atoms with Crippen LogP contribution in [0, 0.1) is 18.3 Å². The molecule has 0 fully saturated rings. The first-order chi connectivity index (χ1) is 12.6. The van der Waals surface area contributed by atoms with Gasteiger partial charge in [-0.05, 0) is 43.2 Å². The van der Waals surface area contributed by atoms with Gasteiger partial charge in [-0.15, -0.1) is 0 Å². The van der Waals surface area contributed by atoms with Gasteiger partial charge in [0, 0.05) is 17.8 Å². The highest BCUT2D eigenvalue weighted by molar-refractivity contribution is 5.94. The van der Waals surface area contributed by atoms with E-state index in [0.717, 1.165) is 11.3 Å². The first-order valence-electron chi connectivity index (χ1n) is 8.33. The van der Waals surface area contributed by atoms with Crippen LogP contribution in [0.4, 0.5) is 11.4 Å². The van der Waals surface area contributed by atoms with Gasteiger partial charge in [0.15, 0.2) is 0 Å². The third-order valence-electron chi connectivity index (χ3n) is 3.57. The maximum atomic E-state index is 12.0. The summed E-state index contributed by atoms with van der Waals surface area (Å²) in [7, 11) is 0. The van der Waals surface area contributed by atoms with Crippen LogP contribution in [0.1, 0.15) is 24.8 Å². The summed E-state index contributed by atoms with van der Waals surface area (Å²) in [6.07, 6.45) is 0.715. The number of nitrogens with one attached hydrogen (secondary N) is 2. The van der Waals surface area contributed by atoms with Gasteiger partial charge < -0.3 is 15.4 Å². The molecule has 2 aromatic rings. The average Bonchev–Trinajstić information content (AvgIpc) is 2.60. The molecule has 6 nitrogen and oxygen atoms in total. The van der Waals surface area contributed by atoms with E-state index in [1.54, 1.807) is 30.3 Å². The van der Waals surface area contributed by atoms with Crippen LogP contribution < -0.4 is 15.4 Å². The Bertz CT molecular complexity index is 812. The summed E-state index contributed by atoms with van der Waals surface area (Å²) in [5.41, 5.74) is 2.18. The van der Waals surface area contributed by atoms with E-state index in [1.165, 1.54) is 0 Å². The summed E-state index contributed by atoms with van der Waals surface area (Å²) in [6, 6.07) is 16.3. The first-order valence-corrected chi connectivity index (χ1v) is 8.33. The lowest BCUT2D eigenvalue weighted by Gasteiger charge is -2.10. The van der Waals surface area contributed by atoms with E-state index < -0.39 is 0 Å². The van der Waals surface area contributed by atoms with Crippen molar-refractivity contribution in [3.63, 3.8) is 0 Å². The minimum absolute atomic E-state index is 0.126. The molecule has 0 atom stereocenters. The summed E-state index contributed by atoms with van der Waals surface area (Å²) in [4.78, 5) is 23.5. The number of amides is 2. The largest absolute Gasteiger partial charge is 0.493 e. The summed E-state index contributed by atoms with van der Waals surface area (Å²) >= 11 is 0. The quantitative estimate of drug-likeness (QED) is 0.710. The van der Waals surface area contributed by atoms with Gasteiger partial charge in [-0.3, -0.25) is 9.59 Å². The SMILES string of the molecule is Cc1ccccc1OCCCC(=O)Nc1cccc(NC(=O)CC#N)c1. The van der Waals surface area contributed by atoms with Crippen molar-refractivity contribution in [2.75, 3.05) is 17.2 Å². The van der Waals surface area contributed by atoms with Gasteiger partial charge in [0.1, 0.15) is 12.2 Å². The molecule has 2 amide bonds. The Kier molecular flexibility index (Phi) is 7.19. The fourth-order valence-corrected chi connectivity index (χ4v) is 2.31.